The summed E-state index contributed by atoms with van der Waals surface area (Å²) in [6.07, 6.45) is 8.83. The van der Waals surface area contributed by atoms with Gasteiger partial charge < -0.3 is 10.6 Å². The van der Waals surface area contributed by atoms with Crippen LogP contribution in [-0.4, -0.2) is 21.4 Å². The van der Waals surface area contributed by atoms with Gasteiger partial charge in [0.1, 0.15) is 0 Å². The Bertz CT molecular complexity index is 1120. The molecule has 2 aromatic heterocycles. The molecule has 0 saturated carbocycles. The quantitative estimate of drug-likeness (QED) is 0.211. The summed E-state index contributed by atoms with van der Waals surface area (Å²) in [5, 5.41) is 13.3. The summed E-state index contributed by atoms with van der Waals surface area (Å²) in [4.78, 5) is 2.35. The molecular weight excluding hydrogens is 491 g/mol. The van der Waals surface area contributed by atoms with Crippen LogP contribution in [0.4, 0.5) is 0 Å². The molecule has 0 amide bonds. The Morgan fingerprint density at radius 1 is 1.15 bits per heavy atom. The number of unbranched alkanes of at least 4 members (excludes halogenated alkanes) is 2. The summed E-state index contributed by atoms with van der Waals surface area (Å²) >= 11 is 19.9. The lowest BCUT2D eigenvalue weighted by Gasteiger charge is -2.09. The number of benzene rings is 1. The smallest absolute Gasteiger partial charge is 0.166 e. The maximum Gasteiger partial charge on any atom is 0.166 e. The van der Waals surface area contributed by atoms with Crippen molar-refractivity contribution in [3.63, 3.8) is 0 Å². The van der Waals surface area contributed by atoms with Crippen LogP contribution in [-0.2, 0) is 6.54 Å². The number of hydrogen-bond donors (Lipinski definition) is 2. The molecule has 8 heteroatoms. The number of nitrogens with one attached hydrogen (secondary N) is 2. The van der Waals surface area contributed by atoms with Crippen LogP contribution in [0.25, 0.3) is 22.3 Å². The molecule has 0 bridgehead atoms. The van der Waals surface area contributed by atoms with E-state index in [4.69, 9.17) is 40.5 Å². The van der Waals surface area contributed by atoms with Crippen molar-refractivity contribution in [1.82, 2.24) is 20.4 Å². The zero-order valence-electron chi connectivity index (χ0n) is 19.3. The van der Waals surface area contributed by atoms with Crippen molar-refractivity contribution in [3.05, 3.63) is 62.6 Å². The number of thiocarbonyl (C=S) groups is 1. The van der Waals surface area contributed by atoms with E-state index in [9.17, 15) is 0 Å². The third-order valence-electron chi connectivity index (χ3n) is 5.19. The Labute approximate surface area is 216 Å². The van der Waals surface area contributed by atoms with Crippen molar-refractivity contribution in [2.45, 2.75) is 53.0 Å². The lowest BCUT2D eigenvalue weighted by Crippen LogP contribution is -2.35. The lowest BCUT2D eigenvalue weighted by molar-refractivity contribution is 0.731. The van der Waals surface area contributed by atoms with Gasteiger partial charge in [0.15, 0.2) is 5.11 Å². The molecule has 2 heterocycles. The molecule has 0 unspecified atom stereocenters. The third-order valence-corrected chi connectivity index (χ3v) is 7.07. The van der Waals surface area contributed by atoms with E-state index in [2.05, 4.69) is 55.7 Å². The summed E-state index contributed by atoms with van der Waals surface area (Å²) in [5.74, 6) is 0. The van der Waals surface area contributed by atoms with E-state index in [1.807, 2.05) is 16.8 Å². The molecule has 0 aliphatic rings. The summed E-state index contributed by atoms with van der Waals surface area (Å²) in [6.45, 7) is 7.84. The Balaban J connectivity index is 1.95. The molecule has 0 fully saturated rings. The predicted octanol–water partition coefficient (Wildman–Crippen LogP) is 7.79. The van der Waals surface area contributed by atoms with E-state index in [0.29, 0.717) is 21.7 Å². The summed E-state index contributed by atoms with van der Waals surface area (Å²) < 4.78 is 1.92. The van der Waals surface area contributed by atoms with Crippen LogP contribution in [0.3, 0.4) is 0 Å². The van der Waals surface area contributed by atoms with Gasteiger partial charge in [-0.1, -0.05) is 56.0 Å². The molecular formula is C25H30Cl2N4S2. The minimum Gasteiger partial charge on any atom is -0.363 e. The van der Waals surface area contributed by atoms with E-state index >= 15 is 0 Å². The van der Waals surface area contributed by atoms with Gasteiger partial charge in [-0.2, -0.15) is 5.10 Å². The van der Waals surface area contributed by atoms with Gasteiger partial charge in [-0.25, -0.2) is 4.68 Å². The van der Waals surface area contributed by atoms with Crippen LogP contribution in [0.2, 0.25) is 10.0 Å². The van der Waals surface area contributed by atoms with Crippen molar-refractivity contribution in [1.29, 1.82) is 0 Å². The first-order chi connectivity index (χ1) is 15.9. The van der Waals surface area contributed by atoms with Crippen LogP contribution >= 0.6 is 46.8 Å². The third kappa shape index (κ3) is 6.82. The molecule has 3 aromatic rings. The minimum atomic E-state index is 0.531. The van der Waals surface area contributed by atoms with Crippen molar-refractivity contribution >= 4 is 57.9 Å². The molecule has 33 heavy (non-hydrogen) atoms. The highest BCUT2D eigenvalue weighted by Crippen LogP contribution is 2.36. The van der Waals surface area contributed by atoms with Crippen LogP contribution in [0.1, 0.15) is 55.7 Å². The molecule has 3 rings (SSSR count). The molecule has 0 radical (unpaired) electrons. The van der Waals surface area contributed by atoms with E-state index in [-0.39, 0.29) is 0 Å². The van der Waals surface area contributed by atoms with E-state index in [1.54, 1.807) is 17.4 Å². The van der Waals surface area contributed by atoms with Crippen LogP contribution in [0.5, 0.6) is 0 Å². The van der Waals surface area contributed by atoms with Crippen LogP contribution in [0, 0.1) is 6.92 Å². The predicted molar refractivity (Wildman–Crippen MR) is 148 cm³/mol. The molecule has 4 nitrogen and oxygen atoms in total. The molecule has 0 spiro atoms. The Morgan fingerprint density at radius 3 is 2.70 bits per heavy atom. The number of thiophene rings is 1. The second-order valence-corrected chi connectivity index (χ2v) is 10.2. The Hall–Kier alpha value is -1.86. The normalized spacial score (nSPS) is 11.3. The fraction of sp³-hybridized carbons (Fsp3) is 0.360. The first kappa shape index (κ1) is 25.8. The Kier molecular flexibility index (Phi) is 9.80. The van der Waals surface area contributed by atoms with Crippen LogP contribution < -0.4 is 10.6 Å². The van der Waals surface area contributed by atoms with Gasteiger partial charge in [0.05, 0.1) is 33.5 Å². The highest BCUT2D eigenvalue weighted by atomic mass is 35.5. The number of hydrogen-bond acceptors (Lipinski definition) is 3. The first-order valence-corrected chi connectivity index (χ1v) is 13.2. The molecule has 0 aliphatic carbocycles. The maximum absolute atomic E-state index is 6.57. The van der Waals surface area contributed by atoms with Gasteiger partial charge in [0.25, 0.3) is 0 Å². The zero-order valence-corrected chi connectivity index (χ0v) is 22.4. The van der Waals surface area contributed by atoms with Gasteiger partial charge in [0.2, 0.25) is 0 Å². The summed E-state index contributed by atoms with van der Waals surface area (Å²) in [5.41, 5.74) is 3.84. The van der Waals surface area contributed by atoms with Gasteiger partial charge in [-0.05, 0) is 68.4 Å². The van der Waals surface area contributed by atoms with Crippen molar-refractivity contribution in [3.8, 4) is 16.3 Å². The number of rotatable bonds is 10. The highest BCUT2D eigenvalue weighted by Gasteiger charge is 2.20. The maximum atomic E-state index is 6.57. The molecule has 2 N–H and O–H groups in total. The fourth-order valence-corrected chi connectivity index (χ4v) is 5.06. The monoisotopic (exact) mass is 520 g/mol. The second kappa shape index (κ2) is 12.6. The minimum absolute atomic E-state index is 0.531. The number of nitrogens with zero attached hydrogens (tertiary/aromatic N) is 2. The zero-order chi connectivity index (χ0) is 23.8. The van der Waals surface area contributed by atoms with E-state index in [1.165, 1.54) is 4.88 Å². The van der Waals surface area contributed by atoms with Crippen molar-refractivity contribution in [2.24, 2.45) is 0 Å². The SMILES string of the molecule is CCCC=Cc1ccc(-c2c(C)c(CNC(=S)NCCCC)nn2-c2ccc(Cl)cc2Cl)s1. The molecule has 1 aromatic carbocycles. The number of allylic oxidation sites excluding steroid dienone is 1. The summed E-state index contributed by atoms with van der Waals surface area (Å²) in [7, 11) is 0. The molecule has 0 aliphatic heterocycles. The molecule has 176 valence electrons. The van der Waals surface area contributed by atoms with Crippen molar-refractivity contribution < 1.29 is 0 Å². The molecule has 0 saturated heterocycles. The average Bonchev–Trinajstić information content (AvgIpc) is 3.37. The fourth-order valence-electron chi connectivity index (χ4n) is 3.37. The van der Waals surface area contributed by atoms with E-state index < -0.39 is 0 Å². The summed E-state index contributed by atoms with van der Waals surface area (Å²) in [6, 6.07) is 9.79. The largest absolute Gasteiger partial charge is 0.363 e. The number of halogens is 2. The van der Waals surface area contributed by atoms with Gasteiger partial charge in [-0.15, -0.1) is 11.3 Å². The topological polar surface area (TPSA) is 41.9 Å². The second-order valence-electron chi connectivity index (χ2n) is 7.78. The molecule has 0 atom stereocenters. The number of aromatic nitrogens is 2. The first-order valence-electron chi connectivity index (χ1n) is 11.3. The van der Waals surface area contributed by atoms with Gasteiger partial charge in [0, 0.05) is 22.0 Å². The highest BCUT2D eigenvalue weighted by molar-refractivity contribution is 7.80. The van der Waals surface area contributed by atoms with Crippen LogP contribution in [0.15, 0.2) is 36.4 Å². The van der Waals surface area contributed by atoms with Gasteiger partial charge >= 0.3 is 0 Å². The Morgan fingerprint density at radius 2 is 1.97 bits per heavy atom. The van der Waals surface area contributed by atoms with Gasteiger partial charge in [-0.3, -0.25) is 0 Å². The lowest BCUT2D eigenvalue weighted by atomic mass is 10.1. The van der Waals surface area contributed by atoms with E-state index in [0.717, 1.165) is 59.7 Å². The van der Waals surface area contributed by atoms with Crippen molar-refractivity contribution in [2.75, 3.05) is 6.54 Å². The average molecular weight is 522 g/mol. The standard InChI is InChI=1S/C25H30Cl2N4S2/c1-4-6-8-9-19-11-13-23(33-19)24-17(3)21(16-29-25(32)28-14-7-5-2)30-31(24)22-12-10-18(26)15-20(22)27/h8-13,15H,4-7,14,16H2,1-3H3,(H2,28,29,32).